The van der Waals surface area contributed by atoms with E-state index in [1.165, 1.54) is 17.5 Å². The topological polar surface area (TPSA) is 51.0 Å². The van der Waals surface area contributed by atoms with Crippen LogP contribution in [-0.4, -0.2) is 23.2 Å². The zero-order valence-electron chi connectivity index (χ0n) is 10.8. The summed E-state index contributed by atoms with van der Waals surface area (Å²) in [5.41, 5.74) is 2.77. The fraction of sp³-hybridized carbons (Fsp3) is 0.467. The lowest BCUT2D eigenvalue weighted by molar-refractivity contribution is 0.319. The molecule has 1 unspecified atom stereocenters. The van der Waals surface area contributed by atoms with Crippen LogP contribution in [-0.2, 0) is 6.42 Å². The molecule has 0 amide bonds. The van der Waals surface area contributed by atoms with Gasteiger partial charge in [0.25, 0.3) is 0 Å². The largest absolute Gasteiger partial charge is 0.339 e. The van der Waals surface area contributed by atoms with Crippen molar-refractivity contribution in [2.45, 2.75) is 31.1 Å². The highest BCUT2D eigenvalue weighted by Gasteiger charge is 2.32. The lowest BCUT2D eigenvalue weighted by atomic mass is 9.77. The molecule has 98 valence electrons. The predicted octanol–water partition coefficient (Wildman–Crippen LogP) is 2.22. The van der Waals surface area contributed by atoms with Gasteiger partial charge in [0, 0.05) is 6.54 Å². The third kappa shape index (κ3) is 1.87. The molecule has 1 fully saturated rings. The Morgan fingerprint density at radius 3 is 3.05 bits per heavy atom. The van der Waals surface area contributed by atoms with Crippen LogP contribution in [0.25, 0.3) is 0 Å². The summed E-state index contributed by atoms with van der Waals surface area (Å²) in [5, 5.41) is 7.59. The number of hydrogen-bond acceptors (Lipinski definition) is 4. The summed E-state index contributed by atoms with van der Waals surface area (Å²) in [6.07, 6.45) is 3.38. The number of piperidine rings is 1. The maximum atomic E-state index is 5.47. The van der Waals surface area contributed by atoms with Gasteiger partial charge in [-0.15, -0.1) is 0 Å². The molecule has 19 heavy (non-hydrogen) atoms. The van der Waals surface area contributed by atoms with Crippen LogP contribution in [0.15, 0.2) is 28.8 Å². The first kappa shape index (κ1) is 11.2. The Morgan fingerprint density at radius 1 is 1.26 bits per heavy atom. The van der Waals surface area contributed by atoms with Crippen molar-refractivity contribution in [2.24, 2.45) is 0 Å². The Labute approximate surface area is 112 Å². The second-order valence-electron chi connectivity index (χ2n) is 5.49. The van der Waals surface area contributed by atoms with Gasteiger partial charge in [-0.2, -0.15) is 4.98 Å². The summed E-state index contributed by atoms with van der Waals surface area (Å²) in [6, 6.07) is 8.51. The van der Waals surface area contributed by atoms with E-state index < -0.39 is 0 Å². The van der Waals surface area contributed by atoms with Crippen molar-refractivity contribution in [1.29, 1.82) is 0 Å². The molecule has 1 aliphatic carbocycles. The molecule has 0 spiro atoms. The summed E-state index contributed by atoms with van der Waals surface area (Å²) in [4.78, 5) is 4.64. The van der Waals surface area contributed by atoms with Crippen LogP contribution in [0.1, 0.15) is 47.5 Å². The second kappa shape index (κ2) is 4.46. The van der Waals surface area contributed by atoms with E-state index in [-0.39, 0.29) is 0 Å². The molecular formula is C15H17N3O. The molecule has 2 heterocycles. The van der Waals surface area contributed by atoms with Gasteiger partial charge in [-0.3, -0.25) is 0 Å². The molecule has 1 N–H and O–H groups in total. The summed E-state index contributed by atoms with van der Waals surface area (Å²) >= 11 is 0. The Hall–Kier alpha value is -1.68. The normalized spacial score (nSPS) is 25.7. The highest BCUT2D eigenvalue weighted by atomic mass is 16.5. The van der Waals surface area contributed by atoms with Crippen LogP contribution in [0.5, 0.6) is 0 Å². The van der Waals surface area contributed by atoms with Crippen molar-refractivity contribution in [3.05, 3.63) is 47.1 Å². The van der Waals surface area contributed by atoms with Crippen LogP contribution >= 0.6 is 0 Å². The number of aromatic nitrogens is 2. The molecule has 2 aromatic rings. The minimum absolute atomic E-state index is 0.338. The van der Waals surface area contributed by atoms with Gasteiger partial charge in [0.2, 0.25) is 5.89 Å². The summed E-state index contributed by atoms with van der Waals surface area (Å²) < 4.78 is 5.47. The van der Waals surface area contributed by atoms with Crippen molar-refractivity contribution in [3.8, 4) is 0 Å². The Balaban J connectivity index is 1.56. The van der Waals surface area contributed by atoms with E-state index >= 15 is 0 Å². The maximum absolute atomic E-state index is 5.47. The van der Waals surface area contributed by atoms with Crippen LogP contribution in [0.3, 0.4) is 0 Å². The average molecular weight is 255 g/mol. The molecule has 0 radical (unpaired) electrons. The molecular weight excluding hydrogens is 238 g/mol. The van der Waals surface area contributed by atoms with Crippen LogP contribution < -0.4 is 5.32 Å². The number of nitrogens with zero attached hydrogens (tertiary/aromatic N) is 2. The Morgan fingerprint density at radius 2 is 2.21 bits per heavy atom. The second-order valence-corrected chi connectivity index (χ2v) is 5.49. The molecule has 1 aromatic carbocycles. The van der Waals surface area contributed by atoms with E-state index in [2.05, 4.69) is 39.7 Å². The third-order valence-electron chi connectivity index (χ3n) is 4.27. The zero-order chi connectivity index (χ0) is 12.7. The van der Waals surface area contributed by atoms with Gasteiger partial charge in [0.05, 0.1) is 11.8 Å². The highest BCUT2D eigenvalue weighted by Crippen LogP contribution is 2.38. The van der Waals surface area contributed by atoms with Gasteiger partial charge < -0.3 is 9.84 Å². The first-order valence-electron chi connectivity index (χ1n) is 7.04. The van der Waals surface area contributed by atoms with E-state index in [9.17, 15) is 0 Å². The predicted molar refractivity (Wildman–Crippen MR) is 71.1 cm³/mol. The number of benzene rings is 1. The van der Waals surface area contributed by atoms with Gasteiger partial charge in [-0.05, 0) is 36.9 Å². The van der Waals surface area contributed by atoms with E-state index in [1.54, 1.807) is 0 Å². The Kier molecular flexibility index (Phi) is 2.62. The quantitative estimate of drug-likeness (QED) is 0.894. The standard InChI is InChI=1S/C15H17N3O/c1-2-6-12-10(4-1)8-13(12)14-17-15(19-18-14)11-5-3-7-16-9-11/h1-2,4,6,11,13,16H,3,5,7-9H2/t11-,13?/m1/s1. The first-order valence-corrected chi connectivity index (χ1v) is 7.04. The van der Waals surface area contributed by atoms with E-state index in [0.717, 1.165) is 37.6 Å². The van der Waals surface area contributed by atoms with E-state index in [4.69, 9.17) is 4.52 Å². The summed E-state index contributed by atoms with van der Waals surface area (Å²) in [7, 11) is 0. The van der Waals surface area contributed by atoms with Gasteiger partial charge in [0.15, 0.2) is 5.82 Å². The monoisotopic (exact) mass is 255 g/mol. The van der Waals surface area contributed by atoms with Crippen molar-refractivity contribution in [2.75, 3.05) is 13.1 Å². The molecule has 2 aliphatic rings. The summed E-state index contributed by atoms with van der Waals surface area (Å²) in [6.45, 7) is 2.07. The SMILES string of the molecule is c1ccc2c(c1)CC2c1noc([C@@H]2CCCNC2)n1. The van der Waals surface area contributed by atoms with E-state index in [0.29, 0.717) is 11.8 Å². The Bertz CT molecular complexity index is 587. The molecule has 2 atom stereocenters. The number of nitrogens with one attached hydrogen (secondary N) is 1. The lowest BCUT2D eigenvalue weighted by Crippen LogP contribution is -2.28. The first-order chi connectivity index (χ1) is 9.42. The van der Waals surface area contributed by atoms with Crippen LogP contribution in [0.4, 0.5) is 0 Å². The summed E-state index contributed by atoms with van der Waals surface area (Å²) in [5.74, 6) is 2.40. The molecule has 0 bridgehead atoms. The highest BCUT2D eigenvalue weighted by molar-refractivity contribution is 5.43. The number of hydrogen-bond donors (Lipinski definition) is 1. The molecule has 1 aliphatic heterocycles. The third-order valence-corrected chi connectivity index (χ3v) is 4.27. The lowest BCUT2D eigenvalue weighted by Gasteiger charge is -2.27. The van der Waals surface area contributed by atoms with Crippen LogP contribution in [0.2, 0.25) is 0 Å². The number of rotatable bonds is 2. The molecule has 1 aromatic heterocycles. The maximum Gasteiger partial charge on any atom is 0.231 e. The average Bonchev–Trinajstić information content (AvgIpc) is 2.91. The minimum atomic E-state index is 0.338. The molecule has 4 rings (SSSR count). The van der Waals surface area contributed by atoms with Crippen molar-refractivity contribution >= 4 is 0 Å². The zero-order valence-corrected chi connectivity index (χ0v) is 10.8. The van der Waals surface area contributed by atoms with Crippen molar-refractivity contribution < 1.29 is 4.52 Å². The van der Waals surface area contributed by atoms with Gasteiger partial charge in [-0.1, -0.05) is 29.4 Å². The molecule has 1 saturated heterocycles. The van der Waals surface area contributed by atoms with Gasteiger partial charge in [0.1, 0.15) is 0 Å². The smallest absolute Gasteiger partial charge is 0.231 e. The van der Waals surface area contributed by atoms with Crippen molar-refractivity contribution in [1.82, 2.24) is 15.5 Å². The fourth-order valence-electron chi connectivity index (χ4n) is 3.11. The fourth-order valence-corrected chi connectivity index (χ4v) is 3.11. The van der Waals surface area contributed by atoms with Gasteiger partial charge >= 0.3 is 0 Å². The van der Waals surface area contributed by atoms with Crippen molar-refractivity contribution in [3.63, 3.8) is 0 Å². The van der Waals surface area contributed by atoms with E-state index in [1.807, 2.05) is 0 Å². The van der Waals surface area contributed by atoms with Gasteiger partial charge in [-0.25, -0.2) is 0 Å². The molecule has 4 nitrogen and oxygen atoms in total. The number of fused-ring (bicyclic) bond motifs is 1. The minimum Gasteiger partial charge on any atom is -0.339 e. The van der Waals surface area contributed by atoms with Crippen LogP contribution in [0, 0.1) is 0 Å². The molecule has 4 heteroatoms. The molecule has 0 saturated carbocycles.